The van der Waals surface area contributed by atoms with Crippen molar-refractivity contribution in [3.8, 4) is 0 Å². The second-order valence-corrected chi connectivity index (χ2v) is 2.61. The summed E-state index contributed by atoms with van der Waals surface area (Å²) in [6.45, 7) is 3.08. The zero-order valence-corrected chi connectivity index (χ0v) is 7.64. The lowest BCUT2D eigenvalue weighted by molar-refractivity contribution is -0.151. The molecule has 72 valence electrons. The number of carbonyl (C=O) groups excluding carboxylic acids is 1. The van der Waals surface area contributed by atoms with Gasteiger partial charge in [0.1, 0.15) is 0 Å². The van der Waals surface area contributed by atoms with E-state index in [1.807, 2.05) is 0 Å². The van der Waals surface area contributed by atoms with Crippen molar-refractivity contribution in [2.45, 2.75) is 32.6 Å². The molecule has 0 unspecified atom stereocenters. The van der Waals surface area contributed by atoms with Gasteiger partial charge in [0.15, 0.2) is 0 Å². The molecule has 0 aromatic carbocycles. The fraction of sp³-hybridized carbons (Fsp3) is 0.875. The molecule has 0 bridgehead atoms. The van der Waals surface area contributed by atoms with Gasteiger partial charge in [-0.15, -0.1) is 0 Å². The van der Waals surface area contributed by atoms with Gasteiger partial charge in [0, 0.05) is 19.5 Å². The van der Waals surface area contributed by atoms with Crippen molar-refractivity contribution in [3.63, 3.8) is 0 Å². The van der Waals surface area contributed by atoms with Gasteiger partial charge in [0.25, 0.3) is 0 Å². The Morgan fingerprint density at radius 3 is 2.83 bits per heavy atom. The van der Waals surface area contributed by atoms with Gasteiger partial charge in [-0.2, -0.15) is 5.48 Å². The molecular formula is C8H18N2O2. The maximum Gasteiger partial charge on any atom is 0.324 e. The first-order valence-corrected chi connectivity index (χ1v) is 4.43. The van der Waals surface area contributed by atoms with Gasteiger partial charge in [0.05, 0.1) is 0 Å². The lowest BCUT2D eigenvalue weighted by Crippen LogP contribution is -2.25. The molecule has 4 nitrogen and oxygen atoms in total. The number of unbranched alkanes of at least 4 members (excludes halogenated alkanes) is 2. The highest BCUT2D eigenvalue weighted by molar-refractivity contribution is 5.68. The quantitative estimate of drug-likeness (QED) is 0.437. The predicted molar refractivity (Wildman–Crippen MR) is 47.3 cm³/mol. The molecule has 0 fully saturated rings. The minimum Gasteiger partial charge on any atom is -0.371 e. The first kappa shape index (κ1) is 11.4. The highest BCUT2D eigenvalue weighted by Crippen LogP contribution is 1.99. The summed E-state index contributed by atoms with van der Waals surface area (Å²) >= 11 is 0. The van der Waals surface area contributed by atoms with Crippen LogP contribution in [0.25, 0.3) is 0 Å². The molecule has 0 heterocycles. The van der Waals surface area contributed by atoms with Gasteiger partial charge >= 0.3 is 5.97 Å². The third-order valence-electron chi connectivity index (χ3n) is 1.42. The van der Waals surface area contributed by atoms with Gasteiger partial charge in [-0.05, 0) is 6.42 Å². The molecule has 0 saturated carbocycles. The summed E-state index contributed by atoms with van der Waals surface area (Å²) in [7, 11) is 0. The minimum absolute atomic E-state index is 0.197. The smallest absolute Gasteiger partial charge is 0.324 e. The molecule has 0 aliphatic heterocycles. The van der Waals surface area contributed by atoms with Crippen LogP contribution in [0.1, 0.15) is 32.6 Å². The van der Waals surface area contributed by atoms with Crippen molar-refractivity contribution >= 4 is 5.97 Å². The second-order valence-electron chi connectivity index (χ2n) is 2.61. The molecule has 4 heteroatoms. The van der Waals surface area contributed by atoms with Crippen LogP contribution in [0, 0.1) is 0 Å². The van der Waals surface area contributed by atoms with Crippen LogP contribution in [0.5, 0.6) is 0 Å². The van der Waals surface area contributed by atoms with Gasteiger partial charge in [-0.1, -0.05) is 19.8 Å². The minimum atomic E-state index is -0.197. The Hall–Kier alpha value is -0.610. The summed E-state index contributed by atoms with van der Waals surface area (Å²) in [6.07, 6.45) is 3.58. The second kappa shape index (κ2) is 8.49. The van der Waals surface area contributed by atoms with Crippen molar-refractivity contribution in [2.24, 2.45) is 5.73 Å². The summed E-state index contributed by atoms with van der Waals surface area (Å²) in [4.78, 5) is 15.5. The average molecular weight is 174 g/mol. The van der Waals surface area contributed by atoms with Gasteiger partial charge < -0.3 is 10.6 Å². The standard InChI is InChI=1S/C8H18N2O2/c1-2-3-4-5-8(11)12-10-7-6-9/h10H,2-7,9H2,1H3. The largest absolute Gasteiger partial charge is 0.371 e. The van der Waals surface area contributed by atoms with Crippen molar-refractivity contribution in [3.05, 3.63) is 0 Å². The Balaban J connectivity index is 3.10. The van der Waals surface area contributed by atoms with E-state index in [1.165, 1.54) is 0 Å². The highest BCUT2D eigenvalue weighted by Gasteiger charge is 2.00. The van der Waals surface area contributed by atoms with Crippen molar-refractivity contribution < 1.29 is 9.63 Å². The number of hydrogen-bond donors (Lipinski definition) is 2. The molecular weight excluding hydrogens is 156 g/mol. The normalized spacial score (nSPS) is 9.83. The molecule has 3 N–H and O–H groups in total. The third kappa shape index (κ3) is 7.50. The topological polar surface area (TPSA) is 64.3 Å². The summed E-state index contributed by atoms with van der Waals surface area (Å²) in [6, 6.07) is 0. The molecule has 0 aliphatic rings. The van der Waals surface area contributed by atoms with E-state index in [0.29, 0.717) is 19.5 Å². The molecule has 0 saturated heterocycles. The van der Waals surface area contributed by atoms with Crippen molar-refractivity contribution in [1.29, 1.82) is 0 Å². The van der Waals surface area contributed by atoms with E-state index in [-0.39, 0.29) is 5.97 Å². The van der Waals surface area contributed by atoms with E-state index in [0.717, 1.165) is 19.3 Å². The van der Waals surface area contributed by atoms with Gasteiger partial charge in [-0.3, -0.25) is 4.79 Å². The van der Waals surface area contributed by atoms with Crippen molar-refractivity contribution in [2.75, 3.05) is 13.1 Å². The molecule has 0 rings (SSSR count). The maximum atomic E-state index is 10.9. The lowest BCUT2D eigenvalue weighted by atomic mass is 10.2. The van der Waals surface area contributed by atoms with E-state index in [1.54, 1.807) is 0 Å². The Morgan fingerprint density at radius 2 is 2.25 bits per heavy atom. The van der Waals surface area contributed by atoms with Crippen LogP contribution in [0.3, 0.4) is 0 Å². The number of hydrogen-bond acceptors (Lipinski definition) is 4. The molecule has 0 aromatic heterocycles. The number of nitrogens with one attached hydrogen (secondary N) is 1. The fourth-order valence-electron chi connectivity index (χ4n) is 0.761. The van der Waals surface area contributed by atoms with Crippen molar-refractivity contribution in [1.82, 2.24) is 5.48 Å². The van der Waals surface area contributed by atoms with Crippen LogP contribution in [-0.2, 0) is 9.63 Å². The highest BCUT2D eigenvalue weighted by atomic mass is 16.7. The van der Waals surface area contributed by atoms with E-state index in [9.17, 15) is 4.79 Å². The summed E-state index contributed by atoms with van der Waals surface area (Å²) in [5.41, 5.74) is 7.67. The predicted octanol–water partition coefficient (Wildman–Crippen LogP) is 0.573. The molecule has 0 amide bonds. The Morgan fingerprint density at radius 1 is 1.50 bits per heavy atom. The SMILES string of the molecule is CCCCCC(=O)ONCCN. The summed E-state index contributed by atoms with van der Waals surface area (Å²) in [5, 5.41) is 0. The molecule has 0 aromatic rings. The molecule has 0 spiro atoms. The number of nitrogens with two attached hydrogens (primary N) is 1. The van der Waals surface area contributed by atoms with E-state index < -0.39 is 0 Å². The number of rotatable bonds is 7. The summed E-state index contributed by atoms with van der Waals surface area (Å²) in [5.74, 6) is -0.197. The van der Waals surface area contributed by atoms with Crippen LogP contribution in [0.2, 0.25) is 0 Å². The van der Waals surface area contributed by atoms with Crippen LogP contribution in [-0.4, -0.2) is 19.1 Å². The van der Waals surface area contributed by atoms with Crippen LogP contribution < -0.4 is 11.2 Å². The van der Waals surface area contributed by atoms with Gasteiger partial charge in [0.2, 0.25) is 0 Å². The van der Waals surface area contributed by atoms with Crippen LogP contribution >= 0.6 is 0 Å². The van der Waals surface area contributed by atoms with E-state index in [4.69, 9.17) is 5.73 Å². The van der Waals surface area contributed by atoms with Gasteiger partial charge in [-0.25, -0.2) is 0 Å². The maximum absolute atomic E-state index is 10.9. The molecule has 0 atom stereocenters. The molecule has 0 radical (unpaired) electrons. The third-order valence-corrected chi connectivity index (χ3v) is 1.42. The van der Waals surface area contributed by atoms with E-state index >= 15 is 0 Å². The van der Waals surface area contributed by atoms with E-state index in [2.05, 4.69) is 17.2 Å². The zero-order chi connectivity index (χ0) is 9.23. The molecule has 12 heavy (non-hydrogen) atoms. The first-order chi connectivity index (χ1) is 5.81. The summed E-state index contributed by atoms with van der Waals surface area (Å²) < 4.78 is 0. The van der Waals surface area contributed by atoms with Crippen LogP contribution in [0.15, 0.2) is 0 Å². The monoisotopic (exact) mass is 174 g/mol. The fourth-order valence-corrected chi connectivity index (χ4v) is 0.761. The van der Waals surface area contributed by atoms with Crippen LogP contribution in [0.4, 0.5) is 0 Å². The Labute approximate surface area is 73.4 Å². The first-order valence-electron chi connectivity index (χ1n) is 4.43. The lowest BCUT2D eigenvalue weighted by Gasteiger charge is -2.03. The zero-order valence-electron chi connectivity index (χ0n) is 7.64. The molecule has 0 aliphatic carbocycles. The number of carbonyl (C=O) groups is 1. The Kier molecular flexibility index (Phi) is 8.05. The Bertz CT molecular complexity index is 106. The number of hydroxylamine groups is 1. The average Bonchev–Trinajstić information content (AvgIpc) is 2.06.